The van der Waals surface area contributed by atoms with Gasteiger partial charge >= 0.3 is 0 Å². The number of para-hydroxylation sites is 1. The number of benzene rings is 4. The quantitative estimate of drug-likeness (QED) is 0.111. The summed E-state index contributed by atoms with van der Waals surface area (Å²) >= 11 is 0. The lowest BCUT2D eigenvalue weighted by Gasteiger charge is -2.37. The predicted octanol–water partition coefficient (Wildman–Crippen LogP) is 6.35. The van der Waals surface area contributed by atoms with E-state index in [1.54, 1.807) is 27.9 Å². The van der Waals surface area contributed by atoms with Crippen LogP contribution in [0.25, 0.3) is 0 Å². The zero-order valence-electron chi connectivity index (χ0n) is 32.7. The van der Waals surface area contributed by atoms with Gasteiger partial charge in [-0.2, -0.15) is 0 Å². The number of carbonyl (C=O) groups is 3. The van der Waals surface area contributed by atoms with E-state index < -0.39 is 30.6 Å². The number of non-ortho nitro benzene ring substituents is 1. The Kier molecular flexibility index (Phi) is 10.0. The van der Waals surface area contributed by atoms with Crippen LogP contribution >= 0.6 is 0 Å². The third-order valence-corrected chi connectivity index (χ3v) is 17.3. The number of hydrogen-bond acceptors (Lipinski definition) is 8. The largest absolute Gasteiger partial charge is 0.497 e. The Morgan fingerprint density at radius 1 is 1.00 bits per heavy atom. The lowest BCUT2D eigenvalue weighted by atomic mass is 9.82. The Labute approximate surface area is 333 Å². The number of nitro groups is 1. The maximum absolute atomic E-state index is 15.3. The van der Waals surface area contributed by atoms with E-state index in [1.807, 2.05) is 79.7 Å². The van der Waals surface area contributed by atoms with Gasteiger partial charge in [0.15, 0.2) is 5.60 Å². The first-order chi connectivity index (χ1) is 27.4. The van der Waals surface area contributed by atoms with Crippen LogP contribution in [0.3, 0.4) is 0 Å². The molecule has 0 bridgehead atoms. The highest BCUT2D eigenvalue weighted by atomic mass is 28.3. The summed E-state index contributed by atoms with van der Waals surface area (Å²) in [5.74, 6) is -0.210. The van der Waals surface area contributed by atoms with Gasteiger partial charge in [0.25, 0.3) is 11.6 Å². The fraction of sp³-hybridized carbons (Fsp3) is 0.386. The first-order valence-electron chi connectivity index (χ1n) is 19.7. The highest BCUT2D eigenvalue weighted by molar-refractivity contribution is 6.91. The number of carbonyl (C=O) groups excluding carboxylic acids is 3. The smallest absolute Gasteiger partial charge is 0.269 e. The zero-order chi connectivity index (χ0) is 40.2. The number of nitrogens with zero attached hydrogens (tertiary/aromatic N) is 4. The fourth-order valence-corrected chi connectivity index (χ4v) is 14.1. The number of methoxy groups -OCH3 is 1. The van der Waals surface area contributed by atoms with E-state index in [0.717, 1.165) is 46.3 Å². The third-order valence-electron chi connectivity index (χ3n) is 12.9. The molecule has 0 radical (unpaired) electrons. The Morgan fingerprint density at radius 3 is 2.44 bits per heavy atom. The second kappa shape index (κ2) is 14.9. The number of aryl methyl sites for hydroxylation is 1. The summed E-state index contributed by atoms with van der Waals surface area (Å²) in [6.07, 6.45) is 1.95. The number of ether oxygens (including phenoxy) is 2. The van der Waals surface area contributed by atoms with Crippen LogP contribution in [0.15, 0.2) is 91.0 Å². The van der Waals surface area contributed by atoms with Gasteiger partial charge in [-0.3, -0.25) is 29.4 Å². The Bertz CT molecular complexity index is 2230. The Balaban J connectivity index is 1.18. The summed E-state index contributed by atoms with van der Waals surface area (Å²) in [6.45, 7) is 7.01. The molecular formula is C44H48N4O8Si. The van der Waals surface area contributed by atoms with Crippen LogP contribution in [0.1, 0.15) is 49.3 Å². The molecule has 4 aliphatic rings. The predicted molar refractivity (Wildman–Crippen MR) is 219 cm³/mol. The van der Waals surface area contributed by atoms with Gasteiger partial charge in [0.05, 0.1) is 63.2 Å². The maximum Gasteiger partial charge on any atom is 0.269 e. The molecule has 4 heterocycles. The van der Waals surface area contributed by atoms with Crippen LogP contribution in [0.2, 0.25) is 18.6 Å². The summed E-state index contributed by atoms with van der Waals surface area (Å²) in [6, 6.07) is 27.6. The second-order valence-electron chi connectivity index (χ2n) is 16.3. The van der Waals surface area contributed by atoms with Crippen molar-refractivity contribution in [1.82, 2.24) is 4.90 Å². The number of rotatable bonds is 10. The van der Waals surface area contributed by atoms with Crippen molar-refractivity contribution >= 4 is 53.7 Å². The zero-order valence-corrected chi connectivity index (χ0v) is 33.7. The number of hydrogen-bond donors (Lipinski definition) is 1. The number of likely N-dealkylation sites (tertiary alicyclic amines) is 1. The molecule has 1 N–H and O–H groups in total. The van der Waals surface area contributed by atoms with E-state index in [-0.39, 0.29) is 54.6 Å². The van der Waals surface area contributed by atoms with Gasteiger partial charge in [-0.05, 0) is 72.3 Å². The van der Waals surface area contributed by atoms with Crippen LogP contribution in [0, 0.1) is 16.0 Å². The molecule has 5 atom stereocenters. The minimum Gasteiger partial charge on any atom is -0.497 e. The molecule has 0 aliphatic carbocycles. The van der Waals surface area contributed by atoms with E-state index in [1.165, 1.54) is 12.1 Å². The van der Waals surface area contributed by atoms with Crippen molar-refractivity contribution in [1.29, 1.82) is 0 Å². The molecule has 0 aromatic heterocycles. The first-order valence-corrected chi connectivity index (χ1v) is 22.8. The monoisotopic (exact) mass is 788 g/mol. The molecule has 12 nitrogen and oxygen atoms in total. The molecule has 4 aromatic carbocycles. The Morgan fingerprint density at radius 2 is 1.74 bits per heavy atom. The average Bonchev–Trinajstić information content (AvgIpc) is 3.88. The van der Waals surface area contributed by atoms with Crippen molar-refractivity contribution in [3.8, 4) is 5.75 Å². The number of fused-ring (bicyclic) bond motifs is 3. The molecule has 2 fully saturated rings. The number of anilines is 3. The lowest BCUT2D eigenvalue weighted by molar-refractivity contribution is -0.385. The molecule has 1 spiro atoms. The molecule has 296 valence electrons. The molecule has 8 rings (SSSR count). The van der Waals surface area contributed by atoms with Crippen LogP contribution in [0.4, 0.5) is 22.7 Å². The molecule has 0 unspecified atom stereocenters. The summed E-state index contributed by atoms with van der Waals surface area (Å²) in [5.41, 5.74) is 2.44. The number of amides is 3. The first kappa shape index (κ1) is 38.5. The van der Waals surface area contributed by atoms with Crippen molar-refractivity contribution in [2.45, 2.75) is 82.0 Å². The highest BCUT2D eigenvalue weighted by Gasteiger charge is 2.67. The standard InChI is InChI=1S/C44H48N4O8Si/c1-28-42(57(3,4)35-19-17-34(55-2)18-20-35)39(25-41(51)45-23-7-9-33(45)27-49)56-44(28)36-24-32(48(53)54)16-21-38(36)46(43(44)52)26-29-11-14-31(15-12-29)47-37-10-6-5-8-30(37)13-22-40(47)50/h5-6,8,10-12,14-21,24,28,33,39,42,49H,7,9,13,22-23,25-27H2,1-4H3/t28-,33-,39+,42-,44+/m0/s1. The van der Waals surface area contributed by atoms with Gasteiger partial charge in [-0.15, -0.1) is 0 Å². The van der Waals surface area contributed by atoms with Gasteiger partial charge in [-0.25, -0.2) is 0 Å². The van der Waals surface area contributed by atoms with Crippen LogP contribution in [-0.4, -0.2) is 73.1 Å². The molecule has 4 aliphatic heterocycles. The molecule has 3 amide bonds. The molecule has 2 saturated heterocycles. The van der Waals surface area contributed by atoms with Crippen molar-refractivity contribution in [3.63, 3.8) is 0 Å². The van der Waals surface area contributed by atoms with Crippen LogP contribution in [0.5, 0.6) is 5.75 Å². The minimum absolute atomic E-state index is 0.0111. The molecule has 0 saturated carbocycles. The van der Waals surface area contributed by atoms with Crippen molar-refractivity contribution in [2.24, 2.45) is 5.92 Å². The van der Waals surface area contributed by atoms with Gasteiger partial charge in [0.2, 0.25) is 11.8 Å². The van der Waals surface area contributed by atoms with E-state index in [2.05, 4.69) is 13.1 Å². The topological polar surface area (TPSA) is 143 Å². The fourth-order valence-electron chi connectivity index (χ4n) is 10.1. The highest BCUT2D eigenvalue weighted by Crippen LogP contribution is 2.60. The minimum atomic E-state index is -2.61. The maximum atomic E-state index is 15.3. The molecule has 57 heavy (non-hydrogen) atoms. The average molecular weight is 789 g/mol. The van der Waals surface area contributed by atoms with Gasteiger partial charge in [-0.1, -0.05) is 67.7 Å². The molecule has 13 heteroatoms. The van der Waals surface area contributed by atoms with Gasteiger partial charge in [0.1, 0.15) is 5.75 Å². The summed E-state index contributed by atoms with van der Waals surface area (Å²) in [7, 11) is -0.991. The number of nitro benzene ring substituents is 1. The van der Waals surface area contributed by atoms with Crippen LogP contribution < -0.4 is 19.7 Å². The number of aliphatic hydroxyl groups is 1. The molecule has 4 aromatic rings. The van der Waals surface area contributed by atoms with E-state index >= 15 is 4.79 Å². The van der Waals surface area contributed by atoms with Crippen molar-refractivity contribution in [2.75, 3.05) is 30.1 Å². The second-order valence-corrected chi connectivity index (χ2v) is 21.0. The van der Waals surface area contributed by atoms with Gasteiger partial charge < -0.3 is 24.4 Å². The summed E-state index contributed by atoms with van der Waals surface area (Å²) in [4.78, 5) is 59.5. The lowest BCUT2D eigenvalue weighted by Crippen LogP contribution is -2.52. The van der Waals surface area contributed by atoms with Crippen LogP contribution in [-0.2, 0) is 37.7 Å². The van der Waals surface area contributed by atoms with Crippen molar-refractivity contribution < 1.29 is 33.9 Å². The van der Waals surface area contributed by atoms with E-state index in [9.17, 15) is 24.8 Å². The third kappa shape index (κ3) is 6.41. The Hall–Kier alpha value is -5.37. The van der Waals surface area contributed by atoms with Crippen molar-refractivity contribution in [3.05, 3.63) is 118 Å². The normalized spacial score (nSPS) is 24.3. The SMILES string of the molecule is COc1ccc([Si](C)(C)[C@@H]2[C@@H](CC(=O)N3CCC[C@H]3CO)O[C@]3(C(=O)N(Cc4ccc(N5C(=O)CCc6ccccc65)cc4)c4ccc([N+](=O)[O-])cc43)[C@H]2C)cc1. The summed E-state index contributed by atoms with van der Waals surface area (Å²) < 4.78 is 12.6. The van der Waals surface area contributed by atoms with E-state index in [4.69, 9.17) is 9.47 Å². The summed E-state index contributed by atoms with van der Waals surface area (Å²) in [5, 5.41) is 23.4. The van der Waals surface area contributed by atoms with E-state index in [0.29, 0.717) is 30.6 Å². The molecular weight excluding hydrogens is 741 g/mol. The number of aliphatic hydroxyl groups excluding tert-OH is 1. The van der Waals surface area contributed by atoms with Gasteiger partial charge in [0, 0.05) is 42.3 Å².